The first-order valence-corrected chi connectivity index (χ1v) is 5.89. The summed E-state index contributed by atoms with van der Waals surface area (Å²) >= 11 is 3.63. The standard InChI is InChI=1S/C13H9BrO/c14-11-7-3-6-10-12(11)8-4-1-2-5-9(8)13(10)15/h1-6,11H,7H2. The van der Waals surface area contributed by atoms with Gasteiger partial charge in [-0.3, -0.25) is 4.79 Å². The number of fused-ring (bicyclic) bond motifs is 2. The molecule has 0 heterocycles. The Morgan fingerprint density at radius 2 is 1.93 bits per heavy atom. The highest BCUT2D eigenvalue weighted by molar-refractivity contribution is 9.09. The van der Waals surface area contributed by atoms with Crippen molar-refractivity contribution in [2.24, 2.45) is 0 Å². The fourth-order valence-electron chi connectivity index (χ4n) is 2.25. The molecule has 1 nitrogen and oxygen atoms in total. The molecule has 2 aliphatic rings. The summed E-state index contributed by atoms with van der Waals surface area (Å²) in [4.78, 5) is 12.3. The molecule has 0 saturated heterocycles. The Morgan fingerprint density at radius 3 is 2.73 bits per heavy atom. The van der Waals surface area contributed by atoms with E-state index in [1.54, 1.807) is 0 Å². The van der Waals surface area contributed by atoms with Gasteiger partial charge in [-0.2, -0.15) is 0 Å². The summed E-state index contributed by atoms with van der Waals surface area (Å²) in [7, 11) is 0. The average Bonchev–Trinajstić information content (AvgIpc) is 2.55. The van der Waals surface area contributed by atoms with Gasteiger partial charge >= 0.3 is 0 Å². The van der Waals surface area contributed by atoms with Crippen molar-refractivity contribution in [3.8, 4) is 0 Å². The van der Waals surface area contributed by atoms with Crippen molar-refractivity contribution in [3.05, 3.63) is 53.1 Å². The number of Topliss-reactive ketones (excluding diaryl/α,β-unsaturated/α-hetero) is 1. The molecule has 2 aliphatic carbocycles. The molecule has 0 amide bonds. The lowest BCUT2D eigenvalue weighted by molar-refractivity contribution is 0.104. The van der Waals surface area contributed by atoms with Crippen LogP contribution in [0.5, 0.6) is 0 Å². The summed E-state index contributed by atoms with van der Waals surface area (Å²) in [5.74, 6) is 0.168. The quantitative estimate of drug-likeness (QED) is 0.654. The minimum Gasteiger partial charge on any atom is -0.289 e. The molecule has 0 aromatic heterocycles. The molecule has 15 heavy (non-hydrogen) atoms. The van der Waals surface area contributed by atoms with Crippen LogP contribution in [0.3, 0.4) is 0 Å². The molecule has 0 radical (unpaired) electrons. The molecular weight excluding hydrogens is 252 g/mol. The first-order chi connectivity index (χ1) is 7.29. The Labute approximate surface area is 96.6 Å². The van der Waals surface area contributed by atoms with E-state index in [4.69, 9.17) is 0 Å². The fourth-order valence-corrected chi connectivity index (χ4v) is 2.96. The van der Waals surface area contributed by atoms with Gasteiger partial charge in [-0.25, -0.2) is 0 Å². The van der Waals surface area contributed by atoms with E-state index >= 15 is 0 Å². The van der Waals surface area contributed by atoms with Crippen molar-refractivity contribution in [1.82, 2.24) is 0 Å². The molecule has 0 saturated carbocycles. The van der Waals surface area contributed by atoms with Crippen molar-refractivity contribution in [1.29, 1.82) is 0 Å². The van der Waals surface area contributed by atoms with Crippen molar-refractivity contribution >= 4 is 27.3 Å². The van der Waals surface area contributed by atoms with Gasteiger partial charge < -0.3 is 0 Å². The molecule has 74 valence electrons. The molecule has 1 aromatic carbocycles. The van der Waals surface area contributed by atoms with Gasteiger partial charge in [0.25, 0.3) is 0 Å². The van der Waals surface area contributed by atoms with Crippen LogP contribution in [0.15, 0.2) is 42.0 Å². The number of alkyl halides is 1. The molecule has 3 rings (SSSR count). The van der Waals surface area contributed by atoms with E-state index in [-0.39, 0.29) is 10.6 Å². The van der Waals surface area contributed by atoms with Crippen LogP contribution in [0.25, 0.3) is 5.57 Å². The van der Waals surface area contributed by atoms with Crippen LogP contribution in [0.1, 0.15) is 22.3 Å². The van der Waals surface area contributed by atoms with E-state index in [1.165, 1.54) is 0 Å². The average molecular weight is 261 g/mol. The van der Waals surface area contributed by atoms with Crippen molar-refractivity contribution < 1.29 is 4.79 Å². The van der Waals surface area contributed by atoms with Gasteiger partial charge in [0.1, 0.15) is 0 Å². The Kier molecular flexibility index (Phi) is 1.93. The summed E-state index contributed by atoms with van der Waals surface area (Å²) < 4.78 is 0. The molecule has 0 fully saturated rings. The topological polar surface area (TPSA) is 17.1 Å². The van der Waals surface area contributed by atoms with Gasteiger partial charge in [0.2, 0.25) is 0 Å². The van der Waals surface area contributed by atoms with Gasteiger partial charge in [0.15, 0.2) is 5.78 Å². The molecular formula is C13H9BrO. The number of ketones is 1. The zero-order chi connectivity index (χ0) is 10.4. The van der Waals surface area contributed by atoms with E-state index in [2.05, 4.69) is 22.0 Å². The second-order valence-electron chi connectivity index (χ2n) is 3.81. The van der Waals surface area contributed by atoms with E-state index in [1.807, 2.05) is 30.3 Å². The monoisotopic (exact) mass is 260 g/mol. The first-order valence-electron chi connectivity index (χ1n) is 4.98. The third kappa shape index (κ3) is 1.18. The number of carbonyl (C=O) groups excluding carboxylic acids is 1. The SMILES string of the molecule is O=C1C2=C(c3ccccc31)C(Br)CC=C2. The number of hydrogen-bond donors (Lipinski definition) is 0. The Bertz CT molecular complexity index is 511. The second kappa shape index (κ2) is 3.17. The van der Waals surface area contributed by atoms with Crippen molar-refractivity contribution in [2.45, 2.75) is 11.2 Å². The predicted molar refractivity (Wildman–Crippen MR) is 64.2 cm³/mol. The second-order valence-corrected chi connectivity index (χ2v) is 4.91. The third-order valence-electron chi connectivity index (χ3n) is 2.94. The maximum atomic E-state index is 12.0. The molecule has 0 bridgehead atoms. The lowest BCUT2D eigenvalue weighted by atomic mass is 9.97. The van der Waals surface area contributed by atoms with Gasteiger partial charge in [-0.1, -0.05) is 52.3 Å². The van der Waals surface area contributed by atoms with Crippen LogP contribution >= 0.6 is 15.9 Å². The van der Waals surface area contributed by atoms with Crippen molar-refractivity contribution in [2.75, 3.05) is 0 Å². The van der Waals surface area contributed by atoms with Gasteiger partial charge in [-0.15, -0.1) is 0 Å². The highest BCUT2D eigenvalue weighted by Gasteiger charge is 2.32. The van der Waals surface area contributed by atoms with Crippen LogP contribution in [-0.2, 0) is 0 Å². The highest BCUT2D eigenvalue weighted by Crippen LogP contribution is 2.41. The number of carbonyl (C=O) groups is 1. The van der Waals surface area contributed by atoms with Gasteiger partial charge in [0.05, 0.1) is 0 Å². The molecule has 0 aliphatic heterocycles. The summed E-state index contributed by atoms with van der Waals surface area (Å²) in [6.45, 7) is 0. The summed E-state index contributed by atoms with van der Waals surface area (Å²) in [6.07, 6.45) is 4.97. The van der Waals surface area contributed by atoms with E-state index in [0.29, 0.717) is 0 Å². The van der Waals surface area contributed by atoms with Gasteiger partial charge in [-0.05, 0) is 17.6 Å². The Balaban J connectivity index is 2.29. The summed E-state index contributed by atoms with van der Waals surface area (Å²) in [5.41, 5.74) is 3.98. The molecule has 1 aromatic rings. The Hall–Kier alpha value is -1.15. The molecule has 1 unspecified atom stereocenters. The minimum absolute atomic E-state index is 0.168. The van der Waals surface area contributed by atoms with E-state index < -0.39 is 0 Å². The molecule has 2 heteroatoms. The smallest absolute Gasteiger partial charge is 0.193 e. The van der Waals surface area contributed by atoms with Crippen LogP contribution in [0.4, 0.5) is 0 Å². The highest BCUT2D eigenvalue weighted by atomic mass is 79.9. The van der Waals surface area contributed by atoms with Crippen LogP contribution < -0.4 is 0 Å². The van der Waals surface area contributed by atoms with E-state index in [0.717, 1.165) is 28.7 Å². The molecule has 0 spiro atoms. The number of rotatable bonds is 0. The maximum absolute atomic E-state index is 12.0. The molecule has 0 N–H and O–H groups in total. The van der Waals surface area contributed by atoms with E-state index in [9.17, 15) is 4.79 Å². The summed E-state index contributed by atoms with van der Waals surface area (Å²) in [5, 5.41) is 0. The fraction of sp³-hybridized carbons (Fsp3) is 0.154. The van der Waals surface area contributed by atoms with Crippen LogP contribution in [-0.4, -0.2) is 10.6 Å². The zero-order valence-corrected chi connectivity index (χ0v) is 9.62. The molecule has 1 atom stereocenters. The zero-order valence-electron chi connectivity index (χ0n) is 8.03. The number of benzene rings is 1. The van der Waals surface area contributed by atoms with Crippen LogP contribution in [0, 0.1) is 0 Å². The summed E-state index contributed by atoms with van der Waals surface area (Å²) in [6, 6.07) is 7.84. The minimum atomic E-state index is 0.168. The normalized spacial score (nSPS) is 23.0. The Morgan fingerprint density at radius 1 is 1.20 bits per heavy atom. The lowest BCUT2D eigenvalue weighted by Gasteiger charge is -2.14. The number of hydrogen-bond acceptors (Lipinski definition) is 1. The van der Waals surface area contributed by atoms with Crippen molar-refractivity contribution in [3.63, 3.8) is 0 Å². The lowest BCUT2D eigenvalue weighted by Crippen LogP contribution is -2.05. The first kappa shape index (κ1) is 9.10. The van der Waals surface area contributed by atoms with Gasteiger partial charge in [0, 0.05) is 16.0 Å². The predicted octanol–water partition coefficient (Wildman–Crippen LogP) is 3.36. The number of allylic oxidation sites excluding steroid dienone is 4. The third-order valence-corrected chi connectivity index (χ3v) is 3.77. The van der Waals surface area contributed by atoms with Crippen LogP contribution in [0.2, 0.25) is 0 Å². The maximum Gasteiger partial charge on any atom is 0.193 e. The largest absolute Gasteiger partial charge is 0.289 e. The number of halogens is 1.